The van der Waals surface area contributed by atoms with E-state index in [0.717, 1.165) is 20.9 Å². The van der Waals surface area contributed by atoms with Crippen molar-refractivity contribution in [1.82, 2.24) is 19.6 Å². The van der Waals surface area contributed by atoms with Gasteiger partial charge in [0.25, 0.3) is 0 Å². The Morgan fingerprint density at radius 3 is 2.42 bits per heavy atom. The Bertz CT molecular complexity index is 1700. The van der Waals surface area contributed by atoms with Gasteiger partial charge in [-0.3, -0.25) is 4.79 Å². The Balaban J connectivity index is 1.39. The minimum absolute atomic E-state index is 0.0320. The molecule has 0 saturated carbocycles. The van der Waals surface area contributed by atoms with E-state index in [9.17, 15) is 13.2 Å². The van der Waals surface area contributed by atoms with E-state index in [1.54, 1.807) is 41.2 Å². The maximum Gasteiger partial charge on any atom is 0.238 e. The van der Waals surface area contributed by atoms with Crippen LogP contribution in [0.5, 0.6) is 0 Å². The van der Waals surface area contributed by atoms with Crippen molar-refractivity contribution in [3.63, 3.8) is 0 Å². The second-order valence-electron chi connectivity index (χ2n) is 8.13. The topological polar surface area (TPSA) is 113 Å². The van der Waals surface area contributed by atoms with E-state index >= 15 is 0 Å². The highest BCUT2D eigenvalue weighted by Crippen LogP contribution is 2.24. The molecule has 36 heavy (non-hydrogen) atoms. The van der Waals surface area contributed by atoms with Gasteiger partial charge in [0.2, 0.25) is 10.0 Å². The standard InChI is InChI=1S/C26H20BrN5O3S/c27-20-8-5-18(6-9-20)26(33)14-7-19-15-31(25-4-2-1-3-24(19)25)16-21-17-32(30-29-21)22-10-12-23(13-11-22)36(28,34)35/h1-15,17H,16H2,(H2,28,34,35)/b14-7+. The third-order valence-electron chi connectivity index (χ3n) is 5.67. The van der Waals surface area contributed by atoms with Gasteiger partial charge in [0.1, 0.15) is 5.69 Å². The molecule has 0 bridgehead atoms. The van der Waals surface area contributed by atoms with Crippen LogP contribution < -0.4 is 5.14 Å². The predicted molar refractivity (Wildman–Crippen MR) is 141 cm³/mol. The van der Waals surface area contributed by atoms with E-state index in [-0.39, 0.29) is 10.7 Å². The number of nitrogens with two attached hydrogens (primary N) is 1. The highest BCUT2D eigenvalue weighted by Gasteiger charge is 2.11. The molecule has 0 spiro atoms. The Labute approximate surface area is 215 Å². The normalized spacial score (nSPS) is 11.9. The van der Waals surface area contributed by atoms with Crippen molar-refractivity contribution < 1.29 is 13.2 Å². The van der Waals surface area contributed by atoms with Crippen LogP contribution in [-0.2, 0) is 16.6 Å². The number of aromatic nitrogens is 4. The van der Waals surface area contributed by atoms with Crippen LogP contribution in [0.15, 0.2) is 101 Å². The van der Waals surface area contributed by atoms with E-state index in [2.05, 4.69) is 30.8 Å². The monoisotopic (exact) mass is 561 g/mol. The molecule has 5 rings (SSSR count). The van der Waals surface area contributed by atoms with Crippen molar-refractivity contribution in [3.8, 4) is 5.69 Å². The molecule has 3 aromatic carbocycles. The zero-order valence-corrected chi connectivity index (χ0v) is 21.2. The van der Waals surface area contributed by atoms with Gasteiger partial charge in [-0.05, 0) is 66.7 Å². The quantitative estimate of drug-likeness (QED) is 0.231. The van der Waals surface area contributed by atoms with Crippen LogP contribution in [0.25, 0.3) is 22.7 Å². The van der Waals surface area contributed by atoms with Crippen molar-refractivity contribution in [2.45, 2.75) is 11.4 Å². The first-order valence-electron chi connectivity index (χ1n) is 10.9. The number of benzene rings is 3. The number of rotatable bonds is 7. The number of carbonyl (C=O) groups excluding carboxylic acids is 1. The molecular weight excluding hydrogens is 542 g/mol. The number of primary sulfonamides is 1. The molecule has 0 radical (unpaired) electrons. The summed E-state index contributed by atoms with van der Waals surface area (Å²) in [6, 6.07) is 21.3. The van der Waals surface area contributed by atoms with Crippen LogP contribution >= 0.6 is 15.9 Å². The fourth-order valence-electron chi connectivity index (χ4n) is 3.87. The van der Waals surface area contributed by atoms with Crippen LogP contribution in [0.4, 0.5) is 0 Å². The number of carbonyl (C=O) groups is 1. The third kappa shape index (κ3) is 5.06. The van der Waals surface area contributed by atoms with Gasteiger partial charge in [-0.1, -0.05) is 39.3 Å². The summed E-state index contributed by atoms with van der Waals surface area (Å²) in [7, 11) is -3.76. The SMILES string of the molecule is NS(=O)(=O)c1ccc(-n2cc(Cn3cc(/C=C/C(=O)c4ccc(Br)cc4)c4ccccc43)nn2)cc1. The van der Waals surface area contributed by atoms with Crippen LogP contribution in [0.1, 0.15) is 21.6 Å². The van der Waals surface area contributed by atoms with E-state index in [0.29, 0.717) is 23.5 Å². The Kier molecular flexibility index (Phi) is 6.40. The molecule has 5 aromatic rings. The molecule has 8 nitrogen and oxygen atoms in total. The van der Waals surface area contributed by atoms with Crippen LogP contribution in [0.2, 0.25) is 0 Å². The van der Waals surface area contributed by atoms with Gasteiger partial charge >= 0.3 is 0 Å². The maximum absolute atomic E-state index is 12.6. The summed E-state index contributed by atoms with van der Waals surface area (Å²) in [5.74, 6) is -0.0734. The van der Waals surface area contributed by atoms with E-state index < -0.39 is 10.0 Å². The summed E-state index contributed by atoms with van der Waals surface area (Å²) in [4.78, 5) is 12.6. The van der Waals surface area contributed by atoms with Gasteiger partial charge in [0.15, 0.2) is 5.78 Å². The Morgan fingerprint density at radius 1 is 0.972 bits per heavy atom. The second kappa shape index (κ2) is 9.65. The molecule has 2 N–H and O–H groups in total. The number of hydrogen-bond acceptors (Lipinski definition) is 5. The smallest absolute Gasteiger partial charge is 0.238 e. The minimum Gasteiger partial charge on any atom is -0.341 e. The lowest BCUT2D eigenvalue weighted by Gasteiger charge is -2.03. The van der Waals surface area contributed by atoms with Gasteiger partial charge in [-0.25, -0.2) is 18.2 Å². The van der Waals surface area contributed by atoms with Gasteiger partial charge in [-0.2, -0.15) is 0 Å². The molecule has 0 aliphatic heterocycles. The van der Waals surface area contributed by atoms with E-state index in [4.69, 9.17) is 5.14 Å². The molecular formula is C26H20BrN5O3S. The lowest BCUT2D eigenvalue weighted by atomic mass is 10.1. The summed E-state index contributed by atoms with van der Waals surface area (Å²) < 4.78 is 27.5. The molecule has 0 aliphatic carbocycles. The number of nitrogens with zero attached hydrogens (tertiary/aromatic N) is 4. The maximum atomic E-state index is 12.6. The molecule has 10 heteroatoms. The first-order chi connectivity index (χ1) is 17.3. The van der Waals surface area contributed by atoms with Gasteiger partial charge in [0, 0.05) is 32.7 Å². The third-order valence-corrected chi connectivity index (χ3v) is 7.12. The minimum atomic E-state index is -3.76. The molecule has 0 unspecified atom stereocenters. The van der Waals surface area contributed by atoms with Crippen molar-refractivity contribution >= 4 is 48.7 Å². The average molecular weight is 562 g/mol. The lowest BCUT2D eigenvalue weighted by molar-refractivity contribution is 0.104. The van der Waals surface area contributed by atoms with Crippen molar-refractivity contribution in [2.75, 3.05) is 0 Å². The van der Waals surface area contributed by atoms with Crippen molar-refractivity contribution in [1.29, 1.82) is 0 Å². The molecule has 0 fully saturated rings. The fraction of sp³-hybridized carbons (Fsp3) is 0.0385. The van der Waals surface area contributed by atoms with E-state index in [1.807, 2.05) is 48.7 Å². The summed E-state index contributed by atoms with van der Waals surface area (Å²) in [5.41, 5.74) is 3.91. The molecule has 0 atom stereocenters. The number of ketones is 1. The first-order valence-corrected chi connectivity index (χ1v) is 13.2. The van der Waals surface area contributed by atoms with Crippen molar-refractivity contribution in [3.05, 3.63) is 113 Å². The number of fused-ring (bicyclic) bond motifs is 1. The molecule has 2 aromatic heterocycles. The molecule has 2 heterocycles. The number of allylic oxidation sites excluding steroid dienone is 1. The van der Waals surface area contributed by atoms with Crippen LogP contribution in [0, 0.1) is 0 Å². The summed E-state index contributed by atoms with van der Waals surface area (Å²) in [6.45, 7) is 0.463. The molecule has 0 amide bonds. The number of halogens is 1. The van der Waals surface area contributed by atoms with Crippen LogP contribution in [-0.4, -0.2) is 33.8 Å². The second-order valence-corrected chi connectivity index (χ2v) is 10.6. The molecule has 0 aliphatic rings. The average Bonchev–Trinajstić information content (AvgIpc) is 3.48. The Morgan fingerprint density at radius 2 is 1.69 bits per heavy atom. The largest absolute Gasteiger partial charge is 0.341 e. The van der Waals surface area contributed by atoms with E-state index in [1.165, 1.54) is 12.1 Å². The van der Waals surface area contributed by atoms with Gasteiger partial charge < -0.3 is 4.57 Å². The highest BCUT2D eigenvalue weighted by molar-refractivity contribution is 9.10. The van der Waals surface area contributed by atoms with Gasteiger partial charge in [-0.15, -0.1) is 5.10 Å². The molecule has 0 saturated heterocycles. The number of sulfonamides is 1. The zero-order valence-electron chi connectivity index (χ0n) is 18.8. The number of hydrogen-bond donors (Lipinski definition) is 1. The van der Waals surface area contributed by atoms with Crippen LogP contribution in [0.3, 0.4) is 0 Å². The lowest BCUT2D eigenvalue weighted by Crippen LogP contribution is -2.12. The number of para-hydroxylation sites is 1. The Hall–Kier alpha value is -3.86. The predicted octanol–water partition coefficient (Wildman–Crippen LogP) is 4.58. The molecule has 180 valence electrons. The summed E-state index contributed by atoms with van der Waals surface area (Å²) >= 11 is 3.38. The fourth-order valence-corrected chi connectivity index (χ4v) is 4.65. The summed E-state index contributed by atoms with van der Waals surface area (Å²) in [5, 5.41) is 14.6. The zero-order chi connectivity index (χ0) is 25.3. The summed E-state index contributed by atoms with van der Waals surface area (Å²) in [6.07, 6.45) is 7.17. The van der Waals surface area contributed by atoms with Gasteiger partial charge in [0.05, 0.1) is 23.3 Å². The van der Waals surface area contributed by atoms with Crippen molar-refractivity contribution in [2.24, 2.45) is 5.14 Å². The first kappa shape index (κ1) is 23.9. The highest BCUT2D eigenvalue weighted by atomic mass is 79.9.